The third-order valence-electron chi connectivity index (χ3n) is 2.25. The molecule has 1 aliphatic rings. The summed E-state index contributed by atoms with van der Waals surface area (Å²) >= 11 is 1.63. The van der Waals surface area contributed by atoms with Crippen LogP contribution in [0.3, 0.4) is 0 Å². The molecule has 1 unspecified atom stereocenters. The average Bonchev–Trinajstić information content (AvgIpc) is 2.19. The molecule has 1 saturated carbocycles. The lowest BCUT2D eigenvalue weighted by molar-refractivity contribution is -0.120. The molecule has 4 heteroatoms. The molecule has 0 spiro atoms. The van der Waals surface area contributed by atoms with E-state index in [0.717, 1.165) is 24.4 Å². The van der Waals surface area contributed by atoms with Crippen molar-refractivity contribution in [3.8, 4) is 0 Å². The van der Waals surface area contributed by atoms with Crippen molar-refractivity contribution < 1.29 is 4.79 Å². The molecule has 0 aromatic carbocycles. The zero-order valence-corrected chi connectivity index (χ0v) is 8.67. The lowest BCUT2D eigenvalue weighted by atomic mass is 9.99. The van der Waals surface area contributed by atoms with Crippen LogP contribution in [0.15, 0.2) is 23.6 Å². The average molecular weight is 208 g/mol. The first-order chi connectivity index (χ1) is 6.84. The predicted octanol–water partition coefficient (Wildman–Crippen LogP) is 2.08. The minimum Gasteiger partial charge on any atom is -0.300 e. The fourth-order valence-corrected chi connectivity index (χ4v) is 2.68. The van der Waals surface area contributed by atoms with Crippen LogP contribution in [0.2, 0.25) is 0 Å². The van der Waals surface area contributed by atoms with E-state index in [9.17, 15) is 4.79 Å². The fraction of sp³-hybridized carbons (Fsp3) is 0.500. The number of hydrogen-bond acceptors (Lipinski definition) is 4. The van der Waals surface area contributed by atoms with Gasteiger partial charge in [-0.25, -0.2) is 9.97 Å². The van der Waals surface area contributed by atoms with Gasteiger partial charge in [0.25, 0.3) is 0 Å². The Kier molecular flexibility index (Phi) is 3.14. The Morgan fingerprint density at radius 2 is 2.14 bits per heavy atom. The van der Waals surface area contributed by atoms with Gasteiger partial charge in [-0.3, -0.25) is 4.79 Å². The second-order valence-corrected chi connectivity index (χ2v) is 4.67. The first-order valence-corrected chi connectivity index (χ1v) is 5.68. The Hall–Kier alpha value is -0.900. The van der Waals surface area contributed by atoms with Gasteiger partial charge in [0.05, 0.1) is 0 Å². The maximum atomic E-state index is 11.2. The minimum atomic E-state index is 0.379. The van der Waals surface area contributed by atoms with E-state index >= 15 is 0 Å². The standard InChI is InChI=1S/C10H12N2OS/c13-8-3-1-4-9(7-8)14-10-11-5-2-6-12-10/h2,5-6,9H,1,3-4,7H2. The number of carbonyl (C=O) groups excluding carboxylic acids is 1. The van der Waals surface area contributed by atoms with Gasteiger partial charge < -0.3 is 0 Å². The molecule has 1 aromatic heterocycles. The van der Waals surface area contributed by atoms with Gasteiger partial charge in [-0.15, -0.1) is 0 Å². The van der Waals surface area contributed by atoms with Crippen LogP contribution in [0.5, 0.6) is 0 Å². The van der Waals surface area contributed by atoms with Crippen LogP contribution in [-0.4, -0.2) is 21.0 Å². The molecule has 14 heavy (non-hydrogen) atoms. The summed E-state index contributed by atoms with van der Waals surface area (Å²) < 4.78 is 0. The lowest BCUT2D eigenvalue weighted by Crippen LogP contribution is -2.16. The fourth-order valence-electron chi connectivity index (χ4n) is 1.58. The Labute approximate surface area is 87.3 Å². The van der Waals surface area contributed by atoms with Gasteiger partial charge in [-0.2, -0.15) is 0 Å². The topological polar surface area (TPSA) is 42.9 Å². The van der Waals surface area contributed by atoms with Gasteiger partial charge in [0.2, 0.25) is 0 Å². The molecule has 1 fully saturated rings. The smallest absolute Gasteiger partial charge is 0.187 e. The van der Waals surface area contributed by atoms with Crippen molar-refractivity contribution in [2.24, 2.45) is 0 Å². The van der Waals surface area contributed by atoms with E-state index in [0.29, 0.717) is 17.5 Å². The Bertz CT molecular complexity index is 315. The first kappa shape index (κ1) is 9.65. The van der Waals surface area contributed by atoms with Crippen LogP contribution >= 0.6 is 11.8 Å². The molecule has 3 nitrogen and oxygen atoms in total. The summed E-state index contributed by atoms with van der Waals surface area (Å²) in [5.41, 5.74) is 0. The molecular weight excluding hydrogens is 196 g/mol. The van der Waals surface area contributed by atoms with Crippen molar-refractivity contribution in [2.75, 3.05) is 0 Å². The highest BCUT2D eigenvalue weighted by atomic mass is 32.2. The van der Waals surface area contributed by atoms with Crippen LogP contribution < -0.4 is 0 Å². The van der Waals surface area contributed by atoms with Crippen LogP contribution in [0.25, 0.3) is 0 Å². The number of carbonyl (C=O) groups is 1. The van der Waals surface area contributed by atoms with Gasteiger partial charge in [0.15, 0.2) is 5.16 Å². The van der Waals surface area contributed by atoms with Gasteiger partial charge >= 0.3 is 0 Å². The number of Topliss-reactive ketones (excluding diaryl/α,β-unsaturated/α-hetero) is 1. The summed E-state index contributed by atoms with van der Waals surface area (Å²) in [6.45, 7) is 0. The molecule has 0 aliphatic heterocycles. The summed E-state index contributed by atoms with van der Waals surface area (Å²) in [6.07, 6.45) is 7.04. The van der Waals surface area contributed by atoms with E-state index in [1.165, 1.54) is 0 Å². The Morgan fingerprint density at radius 1 is 1.36 bits per heavy atom. The number of nitrogens with zero attached hydrogens (tertiary/aromatic N) is 2. The molecule has 1 atom stereocenters. The van der Waals surface area contributed by atoms with Gasteiger partial charge in [-0.05, 0) is 18.9 Å². The highest BCUT2D eigenvalue weighted by Gasteiger charge is 2.20. The summed E-state index contributed by atoms with van der Waals surface area (Å²) in [6, 6.07) is 1.80. The minimum absolute atomic E-state index is 0.379. The Balaban J connectivity index is 1.94. The molecule has 2 rings (SSSR count). The summed E-state index contributed by atoms with van der Waals surface area (Å²) in [7, 11) is 0. The summed E-state index contributed by atoms with van der Waals surface area (Å²) in [5, 5.41) is 1.17. The Morgan fingerprint density at radius 3 is 2.86 bits per heavy atom. The molecule has 74 valence electrons. The van der Waals surface area contributed by atoms with Crippen molar-refractivity contribution in [1.82, 2.24) is 9.97 Å². The van der Waals surface area contributed by atoms with E-state index in [4.69, 9.17) is 0 Å². The van der Waals surface area contributed by atoms with E-state index in [-0.39, 0.29) is 0 Å². The molecule has 0 N–H and O–H groups in total. The zero-order chi connectivity index (χ0) is 9.80. The molecule has 1 aliphatic carbocycles. The number of thioether (sulfide) groups is 1. The third kappa shape index (κ3) is 2.54. The highest BCUT2D eigenvalue weighted by Crippen LogP contribution is 2.29. The van der Waals surface area contributed by atoms with Gasteiger partial charge in [-0.1, -0.05) is 11.8 Å². The maximum Gasteiger partial charge on any atom is 0.187 e. The number of ketones is 1. The van der Waals surface area contributed by atoms with Crippen molar-refractivity contribution in [3.63, 3.8) is 0 Å². The van der Waals surface area contributed by atoms with Crippen LogP contribution in [0, 0.1) is 0 Å². The number of aromatic nitrogens is 2. The van der Waals surface area contributed by atoms with Crippen molar-refractivity contribution >= 4 is 17.5 Å². The molecule has 0 radical (unpaired) electrons. The van der Waals surface area contributed by atoms with Crippen LogP contribution in [-0.2, 0) is 4.79 Å². The van der Waals surface area contributed by atoms with Crippen molar-refractivity contribution in [1.29, 1.82) is 0 Å². The van der Waals surface area contributed by atoms with E-state index in [1.807, 2.05) is 0 Å². The van der Waals surface area contributed by atoms with E-state index in [2.05, 4.69) is 9.97 Å². The van der Waals surface area contributed by atoms with Gasteiger partial charge in [0, 0.05) is 30.5 Å². The SMILES string of the molecule is O=C1CCCC(Sc2ncccn2)C1. The van der Waals surface area contributed by atoms with E-state index < -0.39 is 0 Å². The largest absolute Gasteiger partial charge is 0.300 e. The zero-order valence-electron chi connectivity index (χ0n) is 7.85. The van der Waals surface area contributed by atoms with E-state index in [1.54, 1.807) is 30.2 Å². The molecular formula is C10H12N2OS. The number of rotatable bonds is 2. The quantitative estimate of drug-likeness (QED) is 0.698. The molecule has 0 amide bonds. The monoisotopic (exact) mass is 208 g/mol. The number of hydrogen-bond donors (Lipinski definition) is 0. The van der Waals surface area contributed by atoms with Crippen LogP contribution in [0.4, 0.5) is 0 Å². The first-order valence-electron chi connectivity index (χ1n) is 4.80. The normalized spacial score (nSPS) is 22.3. The third-order valence-corrected chi connectivity index (χ3v) is 3.41. The molecule has 1 aromatic rings. The molecule has 0 saturated heterocycles. The summed E-state index contributed by atoms with van der Waals surface area (Å²) in [4.78, 5) is 19.5. The van der Waals surface area contributed by atoms with Crippen LogP contribution in [0.1, 0.15) is 25.7 Å². The van der Waals surface area contributed by atoms with Gasteiger partial charge in [0.1, 0.15) is 5.78 Å². The lowest BCUT2D eigenvalue weighted by Gasteiger charge is -2.18. The second-order valence-electron chi connectivity index (χ2n) is 3.41. The maximum absolute atomic E-state index is 11.2. The predicted molar refractivity (Wildman–Crippen MR) is 55.2 cm³/mol. The second kappa shape index (κ2) is 4.55. The van der Waals surface area contributed by atoms with Crippen molar-refractivity contribution in [2.45, 2.75) is 36.1 Å². The molecule has 1 heterocycles. The highest BCUT2D eigenvalue weighted by molar-refractivity contribution is 7.99. The summed E-state index contributed by atoms with van der Waals surface area (Å²) in [5.74, 6) is 0.379. The molecule has 0 bridgehead atoms. The van der Waals surface area contributed by atoms with Crippen molar-refractivity contribution in [3.05, 3.63) is 18.5 Å².